The van der Waals surface area contributed by atoms with Crippen LogP contribution >= 0.6 is 24.0 Å². The summed E-state index contributed by atoms with van der Waals surface area (Å²) in [6.07, 6.45) is 2.48. The summed E-state index contributed by atoms with van der Waals surface area (Å²) in [7, 11) is 0. The molecule has 1 saturated heterocycles. The number of guanidine groups is 1. The van der Waals surface area contributed by atoms with Gasteiger partial charge < -0.3 is 20.9 Å². The number of likely N-dealkylation sites (tertiary alicyclic amines) is 1. The number of carbonyl (C=O) groups excluding carboxylic acids is 1. The van der Waals surface area contributed by atoms with Crippen molar-refractivity contribution >= 4 is 41.7 Å². The van der Waals surface area contributed by atoms with Crippen molar-refractivity contribution in [1.29, 1.82) is 0 Å². The zero-order valence-corrected chi connectivity index (χ0v) is 17.7. The van der Waals surface area contributed by atoms with E-state index < -0.39 is 0 Å². The van der Waals surface area contributed by atoms with Crippen molar-refractivity contribution < 1.29 is 4.79 Å². The van der Waals surface area contributed by atoms with Crippen molar-refractivity contribution in [2.45, 2.75) is 46.2 Å². The summed E-state index contributed by atoms with van der Waals surface area (Å²) in [4.78, 5) is 18.7. The second-order valence-corrected chi connectivity index (χ2v) is 6.31. The minimum absolute atomic E-state index is 0. The van der Waals surface area contributed by atoms with Gasteiger partial charge in [-0.05, 0) is 51.3 Å². The van der Waals surface area contributed by atoms with E-state index in [9.17, 15) is 4.79 Å². The van der Waals surface area contributed by atoms with Gasteiger partial charge in [-0.25, -0.2) is 9.79 Å². The first-order valence-corrected chi connectivity index (χ1v) is 8.78. The molecule has 3 N–H and O–H groups in total. The number of amides is 2. The summed E-state index contributed by atoms with van der Waals surface area (Å²) in [6.45, 7) is 9.64. The highest BCUT2D eigenvalue weighted by Crippen LogP contribution is 2.12. The largest absolute Gasteiger partial charge is 0.357 e. The van der Waals surface area contributed by atoms with Crippen molar-refractivity contribution in [3.05, 3.63) is 29.8 Å². The van der Waals surface area contributed by atoms with Crippen LogP contribution in [0, 0.1) is 0 Å². The molecule has 0 bridgehead atoms. The molecule has 0 aromatic heterocycles. The molecule has 0 atom stereocenters. The quantitative estimate of drug-likeness (QED) is 0.359. The van der Waals surface area contributed by atoms with E-state index >= 15 is 0 Å². The fourth-order valence-corrected chi connectivity index (χ4v) is 2.64. The Morgan fingerprint density at radius 1 is 1.20 bits per heavy atom. The van der Waals surface area contributed by atoms with Crippen LogP contribution in [0.25, 0.3) is 0 Å². The van der Waals surface area contributed by atoms with Crippen LogP contribution in [0.15, 0.2) is 29.3 Å². The number of carbonyl (C=O) groups is 1. The Balaban J connectivity index is 0.00000312. The Labute approximate surface area is 167 Å². The Morgan fingerprint density at radius 3 is 2.40 bits per heavy atom. The molecule has 1 aromatic rings. The Hall–Kier alpha value is -1.51. The maximum atomic E-state index is 11.7. The van der Waals surface area contributed by atoms with E-state index in [0.29, 0.717) is 6.54 Å². The Kier molecular flexibility index (Phi) is 9.62. The number of benzene rings is 1. The normalized spacial score (nSPS) is 14.2. The standard InChI is InChI=1S/C18H29N5O.HI/c1-4-19-17(23-11-5-6-12-23)20-13-15-7-9-16(10-8-15)22-18(24)21-14(2)3;/h7-10,14H,4-6,11-13H2,1-3H3,(H,19,20)(H2,21,22,24);1H. The van der Waals surface area contributed by atoms with Crippen LogP contribution in [0.2, 0.25) is 0 Å². The maximum Gasteiger partial charge on any atom is 0.319 e. The molecule has 0 spiro atoms. The van der Waals surface area contributed by atoms with Gasteiger partial charge in [0.1, 0.15) is 0 Å². The number of urea groups is 1. The van der Waals surface area contributed by atoms with E-state index in [-0.39, 0.29) is 36.0 Å². The predicted molar refractivity (Wildman–Crippen MR) is 115 cm³/mol. The maximum absolute atomic E-state index is 11.7. The SMILES string of the molecule is CCNC(=NCc1ccc(NC(=O)NC(C)C)cc1)N1CCCC1.I. The zero-order valence-electron chi connectivity index (χ0n) is 15.3. The molecular formula is C18H30IN5O. The molecule has 6 nitrogen and oxygen atoms in total. The topological polar surface area (TPSA) is 68.8 Å². The van der Waals surface area contributed by atoms with Crippen molar-refractivity contribution in [2.75, 3.05) is 25.0 Å². The summed E-state index contributed by atoms with van der Waals surface area (Å²) < 4.78 is 0. The highest BCUT2D eigenvalue weighted by Gasteiger charge is 2.15. The van der Waals surface area contributed by atoms with E-state index in [4.69, 9.17) is 4.99 Å². The molecule has 1 fully saturated rings. The second kappa shape index (κ2) is 11.2. The first kappa shape index (κ1) is 21.5. The van der Waals surface area contributed by atoms with Crippen LogP contribution in [-0.2, 0) is 6.54 Å². The fourth-order valence-electron chi connectivity index (χ4n) is 2.64. The summed E-state index contributed by atoms with van der Waals surface area (Å²) in [5.74, 6) is 0.994. The first-order valence-electron chi connectivity index (χ1n) is 8.78. The van der Waals surface area contributed by atoms with Crippen molar-refractivity contribution in [3.63, 3.8) is 0 Å². The van der Waals surface area contributed by atoms with E-state index in [1.54, 1.807) is 0 Å². The third-order valence-corrected chi connectivity index (χ3v) is 3.78. The van der Waals surface area contributed by atoms with Gasteiger partial charge in [-0.1, -0.05) is 12.1 Å². The second-order valence-electron chi connectivity index (χ2n) is 6.31. The van der Waals surface area contributed by atoms with Gasteiger partial charge in [-0.2, -0.15) is 0 Å². The van der Waals surface area contributed by atoms with Crippen LogP contribution in [0.5, 0.6) is 0 Å². The van der Waals surface area contributed by atoms with Gasteiger partial charge in [0.05, 0.1) is 6.54 Å². The smallest absolute Gasteiger partial charge is 0.319 e. The van der Waals surface area contributed by atoms with Gasteiger partial charge in [0.2, 0.25) is 0 Å². The molecule has 0 unspecified atom stereocenters. The summed E-state index contributed by atoms with van der Waals surface area (Å²) in [5.41, 5.74) is 1.91. The summed E-state index contributed by atoms with van der Waals surface area (Å²) >= 11 is 0. The Morgan fingerprint density at radius 2 is 1.84 bits per heavy atom. The number of hydrogen-bond donors (Lipinski definition) is 3. The van der Waals surface area contributed by atoms with E-state index in [0.717, 1.165) is 36.8 Å². The van der Waals surface area contributed by atoms with E-state index in [1.165, 1.54) is 12.8 Å². The highest BCUT2D eigenvalue weighted by molar-refractivity contribution is 14.0. The molecule has 7 heteroatoms. The lowest BCUT2D eigenvalue weighted by Crippen LogP contribution is -2.39. The van der Waals surface area contributed by atoms with Crippen LogP contribution in [0.1, 0.15) is 39.2 Å². The lowest BCUT2D eigenvalue weighted by Gasteiger charge is -2.20. The molecule has 2 amide bonds. The van der Waals surface area contributed by atoms with Gasteiger partial charge in [0.15, 0.2) is 5.96 Å². The van der Waals surface area contributed by atoms with Gasteiger partial charge >= 0.3 is 6.03 Å². The Bertz CT molecular complexity index is 553. The number of aliphatic imine (C=N–C) groups is 1. The lowest BCUT2D eigenvalue weighted by atomic mass is 10.2. The molecule has 140 valence electrons. The zero-order chi connectivity index (χ0) is 17.4. The number of halogens is 1. The van der Waals surface area contributed by atoms with Crippen LogP contribution in [-0.4, -0.2) is 42.6 Å². The number of anilines is 1. The molecule has 0 saturated carbocycles. The van der Waals surface area contributed by atoms with Crippen molar-refractivity contribution in [3.8, 4) is 0 Å². The molecule has 0 aliphatic carbocycles. The fraction of sp³-hybridized carbons (Fsp3) is 0.556. The number of hydrogen-bond acceptors (Lipinski definition) is 2. The molecular weight excluding hydrogens is 429 g/mol. The van der Waals surface area contributed by atoms with E-state index in [1.807, 2.05) is 38.1 Å². The van der Waals surface area contributed by atoms with Crippen LogP contribution in [0.3, 0.4) is 0 Å². The van der Waals surface area contributed by atoms with Crippen LogP contribution < -0.4 is 16.0 Å². The van der Waals surface area contributed by atoms with Gasteiger partial charge in [-0.3, -0.25) is 0 Å². The van der Waals surface area contributed by atoms with Gasteiger partial charge in [0, 0.05) is 31.4 Å². The number of nitrogens with zero attached hydrogens (tertiary/aromatic N) is 2. The third-order valence-electron chi connectivity index (χ3n) is 3.78. The molecule has 25 heavy (non-hydrogen) atoms. The number of nitrogens with one attached hydrogen (secondary N) is 3. The summed E-state index contributed by atoms with van der Waals surface area (Å²) in [6, 6.07) is 7.76. The minimum atomic E-state index is -0.181. The van der Waals surface area contributed by atoms with Gasteiger partial charge in [0.25, 0.3) is 0 Å². The molecule has 1 aromatic carbocycles. The predicted octanol–water partition coefficient (Wildman–Crippen LogP) is 3.40. The monoisotopic (exact) mass is 459 g/mol. The number of rotatable bonds is 5. The molecule has 1 aliphatic rings. The van der Waals surface area contributed by atoms with Gasteiger partial charge in [-0.15, -0.1) is 24.0 Å². The van der Waals surface area contributed by atoms with Crippen molar-refractivity contribution in [1.82, 2.24) is 15.5 Å². The molecule has 1 heterocycles. The minimum Gasteiger partial charge on any atom is -0.357 e. The summed E-state index contributed by atoms with van der Waals surface area (Å²) in [5, 5.41) is 8.99. The van der Waals surface area contributed by atoms with Crippen molar-refractivity contribution in [2.24, 2.45) is 4.99 Å². The molecule has 0 radical (unpaired) electrons. The van der Waals surface area contributed by atoms with Crippen LogP contribution in [0.4, 0.5) is 10.5 Å². The third kappa shape index (κ3) is 7.50. The highest BCUT2D eigenvalue weighted by atomic mass is 127. The molecule has 1 aliphatic heterocycles. The molecule has 2 rings (SSSR count). The first-order chi connectivity index (χ1) is 11.6. The average molecular weight is 459 g/mol. The van der Waals surface area contributed by atoms with E-state index in [2.05, 4.69) is 27.8 Å². The average Bonchev–Trinajstić information content (AvgIpc) is 3.06. The lowest BCUT2D eigenvalue weighted by molar-refractivity contribution is 0.250.